The van der Waals surface area contributed by atoms with Crippen molar-refractivity contribution in [3.05, 3.63) is 57.4 Å². The minimum absolute atomic E-state index is 0.111. The lowest BCUT2D eigenvalue weighted by Crippen LogP contribution is -2.45. The van der Waals surface area contributed by atoms with Crippen LogP contribution in [0, 0.1) is 36.9 Å². The number of fused-ring (bicyclic) bond motifs is 4. The van der Waals surface area contributed by atoms with E-state index < -0.39 is 0 Å². The van der Waals surface area contributed by atoms with Crippen LogP contribution in [0.25, 0.3) is 0 Å². The zero-order valence-electron chi connectivity index (χ0n) is 17.7. The molecule has 0 aromatic heterocycles. The van der Waals surface area contributed by atoms with Gasteiger partial charge in [-0.1, -0.05) is 18.6 Å². The third-order valence-corrected chi connectivity index (χ3v) is 8.71. The minimum atomic E-state index is -0.275. The van der Waals surface area contributed by atoms with Crippen LogP contribution in [0.4, 0.5) is 4.39 Å². The molecule has 0 bridgehead atoms. The molecule has 0 spiro atoms. The molecule has 2 fully saturated rings. The first-order chi connectivity index (χ1) is 13.8. The van der Waals surface area contributed by atoms with Gasteiger partial charge in [-0.15, -0.1) is 0 Å². The van der Waals surface area contributed by atoms with Gasteiger partial charge in [0.1, 0.15) is 5.82 Å². The van der Waals surface area contributed by atoms with Crippen LogP contribution in [-0.2, 0) is 4.79 Å². The van der Waals surface area contributed by atoms with Gasteiger partial charge in [0, 0.05) is 12.3 Å². The second-order valence-electron chi connectivity index (χ2n) is 10.1. The zero-order valence-corrected chi connectivity index (χ0v) is 17.7. The molecule has 0 heterocycles. The number of aryl methyl sites for hydroxylation is 1. The molecule has 154 valence electrons. The quantitative estimate of drug-likeness (QED) is 0.663. The maximum Gasteiger partial charge on any atom is 0.156 e. The molecule has 29 heavy (non-hydrogen) atoms. The largest absolute Gasteiger partial charge is 0.393 e. The van der Waals surface area contributed by atoms with Gasteiger partial charge in [0.2, 0.25) is 0 Å². The van der Waals surface area contributed by atoms with Crippen LogP contribution < -0.4 is 0 Å². The number of benzene rings is 1. The molecule has 4 aliphatic rings. The Morgan fingerprint density at radius 2 is 1.90 bits per heavy atom. The van der Waals surface area contributed by atoms with Crippen molar-refractivity contribution in [1.29, 1.82) is 0 Å². The molecule has 2 nitrogen and oxygen atoms in total. The second-order valence-corrected chi connectivity index (χ2v) is 10.1. The van der Waals surface area contributed by atoms with Gasteiger partial charge in [0.05, 0.1) is 6.10 Å². The number of hydrogen-bond acceptors (Lipinski definition) is 2. The number of hydrogen-bond donors (Lipinski definition) is 1. The highest BCUT2D eigenvalue weighted by Gasteiger charge is 2.56. The molecule has 0 radical (unpaired) electrons. The number of carbonyl (C=O) groups excluding carboxylic acids is 1. The van der Waals surface area contributed by atoms with E-state index >= 15 is 0 Å². The molecule has 1 N–H and O–H groups in total. The summed E-state index contributed by atoms with van der Waals surface area (Å²) in [5.41, 5.74) is 6.73. The molecule has 1 aromatic rings. The highest BCUT2D eigenvalue weighted by molar-refractivity contribution is 5.93. The summed E-state index contributed by atoms with van der Waals surface area (Å²) in [5, 5.41) is 10.9. The Hall–Kier alpha value is -1.74. The summed E-state index contributed by atoms with van der Waals surface area (Å²) < 4.78 is 14.7. The summed E-state index contributed by atoms with van der Waals surface area (Å²) in [5.74, 6) is 1.18. The van der Waals surface area contributed by atoms with E-state index in [4.69, 9.17) is 0 Å². The third kappa shape index (κ3) is 2.80. The van der Waals surface area contributed by atoms with Crippen molar-refractivity contribution >= 4 is 5.78 Å². The van der Waals surface area contributed by atoms with E-state index in [9.17, 15) is 14.3 Å². The van der Waals surface area contributed by atoms with E-state index in [-0.39, 0.29) is 29.0 Å². The first-order valence-electron chi connectivity index (χ1n) is 11.2. The smallest absolute Gasteiger partial charge is 0.156 e. The molecule has 0 aliphatic heterocycles. The number of halogens is 1. The maximum atomic E-state index is 14.7. The Kier molecular flexibility index (Phi) is 4.40. The summed E-state index contributed by atoms with van der Waals surface area (Å²) in [6.07, 6.45) is 7.85. The van der Waals surface area contributed by atoms with Crippen LogP contribution in [0.5, 0.6) is 0 Å². The number of allylic oxidation sites excluding steroid dienone is 4. The van der Waals surface area contributed by atoms with Gasteiger partial charge in [-0.05, 0) is 110 Å². The van der Waals surface area contributed by atoms with E-state index in [1.165, 1.54) is 16.7 Å². The van der Waals surface area contributed by atoms with Crippen LogP contribution in [0.3, 0.4) is 0 Å². The molecule has 3 heteroatoms. The van der Waals surface area contributed by atoms with Crippen molar-refractivity contribution in [2.75, 3.05) is 0 Å². The Morgan fingerprint density at radius 1 is 1.10 bits per heavy atom. The Labute approximate surface area is 172 Å². The van der Waals surface area contributed by atoms with Gasteiger partial charge in [-0.2, -0.15) is 0 Å². The van der Waals surface area contributed by atoms with Gasteiger partial charge in [0.25, 0.3) is 0 Å². The van der Waals surface area contributed by atoms with E-state index in [0.717, 1.165) is 55.2 Å². The molecule has 5 rings (SSSR count). The predicted octanol–water partition coefficient (Wildman–Crippen LogP) is 5.70. The van der Waals surface area contributed by atoms with Gasteiger partial charge >= 0.3 is 0 Å². The average molecular weight is 395 g/mol. The number of aliphatic hydroxyl groups is 1. The molecule has 0 saturated heterocycles. The summed E-state index contributed by atoms with van der Waals surface area (Å²) in [7, 11) is 0. The van der Waals surface area contributed by atoms with E-state index in [1.54, 1.807) is 6.07 Å². The second kappa shape index (κ2) is 6.63. The minimum Gasteiger partial charge on any atom is -0.393 e. The summed E-state index contributed by atoms with van der Waals surface area (Å²) in [4.78, 5) is 12.1. The van der Waals surface area contributed by atoms with E-state index in [0.29, 0.717) is 18.3 Å². The zero-order chi connectivity index (χ0) is 20.5. The predicted molar refractivity (Wildman–Crippen MR) is 112 cm³/mol. The standard InChI is InChI=1S/C26H31FO2/c1-14-10-17(12-23(27)15(14)2)21-13-26(3)22(8-9-24(26)29)20-6-4-16-11-18(28)5-7-19(16)25(20)21/h10-12,20-22,24,29H,4-9,13H2,1-3H3/t20-,21+,22?,24-,26-/m0/s1. The third-order valence-electron chi connectivity index (χ3n) is 8.71. The number of carbonyl (C=O) groups is 1. The first-order valence-corrected chi connectivity index (χ1v) is 11.2. The van der Waals surface area contributed by atoms with Gasteiger partial charge in [-0.25, -0.2) is 4.39 Å². The van der Waals surface area contributed by atoms with E-state index in [2.05, 4.69) is 13.0 Å². The molecule has 5 atom stereocenters. The lowest BCUT2D eigenvalue weighted by Gasteiger charge is -2.52. The normalized spacial score (nSPS) is 36.4. The fourth-order valence-electron chi connectivity index (χ4n) is 6.98. The van der Waals surface area contributed by atoms with Crippen LogP contribution in [-0.4, -0.2) is 17.0 Å². The number of aliphatic hydroxyl groups excluding tert-OH is 1. The maximum absolute atomic E-state index is 14.7. The Balaban J connectivity index is 1.71. The summed E-state index contributed by atoms with van der Waals surface area (Å²) >= 11 is 0. The Bertz CT molecular complexity index is 932. The van der Waals surface area contributed by atoms with Crippen LogP contribution in [0.1, 0.15) is 74.5 Å². The van der Waals surface area contributed by atoms with Crippen molar-refractivity contribution < 1.29 is 14.3 Å². The fraction of sp³-hybridized carbons (Fsp3) is 0.577. The van der Waals surface area contributed by atoms with Gasteiger partial charge in [0.15, 0.2) is 5.78 Å². The highest BCUT2D eigenvalue weighted by Crippen LogP contribution is 2.63. The van der Waals surface area contributed by atoms with Crippen LogP contribution in [0.2, 0.25) is 0 Å². The highest BCUT2D eigenvalue weighted by atomic mass is 19.1. The van der Waals surface area contributed by atoms with Crippen molar-refractivity contribution in [3.8, 4) is 0 Å². The van der Waals surface area contributed by atoms with Crippen LogP contribution >= 0.6 is 0 Å². The van der Waals surface area contributed by atoms with Crippen molar-refractivity contribution in [2.24, 2.45) is 17.3 Å². The van der Waals surface area contributed by atoms with Gasteiger partial charge < -0.3 is 5.11 Å². The fourth-order valence-corrected chi connectivity index (χ4v) is 6.98. The molecule has 1 aromatic carbocycles. The first kappa shape index (κ1) is 19.2. The van der Waals surface area contributed by atoms with E-state index in [1.807, 2.05) is 19.9 Å². The lowest BCUT2D eigenvalue weighted by atomic mass is 9.53. The number of ketones is 1. The SMILES string of the molecule is Cc1cc([C@H]2C[C@@]3(C)C(CC[C@@H]3O)[C@@H]3CCC4=CC(=O)CCC4=C32)cc(F)c1C. The molecule has 2 saturated carbocycles. The lowest BCUT2D eigenvalue weighted by molar-refractivity contribution is -0.114. The number of rotatable bonds is 1. The Morgan fingerprint density at radius 3 is 2.66 bits per heavy atom. The monoisotopic (exact) mass is 394 g/mol. The van der Waals surface area contributed by atoms with Crippen LogP contribution in [0.15, 0.2) is 34.9 Å². The molecular weight excluding hydrogens is 363 g/mol. The molecule has 4 aliphatic carbocycles. The van der Waals surface area contributed by atoms with Crippen molar-refractivity contribution in [3.63, 3.8) is 0 Å². The van der Waals surface area contributed by atoms with Crippen molar-refractivity contribution in [2.45, 2.75) is 77.7 Å². The molecule has 1 unspecified atom stereocenters. The topological polar surface area (TPSA) is 37.3 Å². The van der Waals surface area contributed by atoms with Crippen molar-refractivity contribution in [1.82, 2.24) is 0 Å². The summed E-state index contributed by atoms with van der Waals surface area (Å²) in [6.45, 7) is 6.09. The van der Waals surface area contributed by atoms with Gasteiger partial charge in [-0.3, -0.25) is 4.79 Å². The molecule has 0 amide bonds. The molecular formula is C26H31FO2. The average Bonchev–Trinajstić information content (AvgIpc) is 2.99. The summed E-state index contributed by atoms with van der Waals surface area (Å²) in [6, 6.07) is 3.89.